The van der Waals surface area contributed by atoms with E-state index in [1.807, 2.05) is 26.0 Å². The van der Waals surface area contributed by atoms with Crippen LogP contribution in [0.4, 0.5) is 0 Å². The van der Waals surface area contributed by atoms with Gasteiger partial charge in [-0.3, -0.25) is 4.90 Å². The van der Waals surface area contributed by atoms with Crippen molar-refractivity contribution in [2.75, 3.05) is 19.6 Å². The molecular weight excluding hydrogens is 212 g/mol. The minimum absolute atomic E-state index is 0.227. The normalized spacial score (nSPS) is 11.2. The first-order chi connectivity index (χ1) is 8.15. The van der Waals surface area contributed by atoms with Gasteiger partial charge >= 0.3 is 0 Å². The number of likely N-dealkylation sites (N-methyl/N-ethyl adjacent to an activating group) is 1. The van der Waals surface area contributed by atoms with Crippen molar-refractivity contribution >= 4 is 0 Å². The van der Waals surface area contributed by atoms with E-state index in [1.54, 1.807) is 0 Å². The number of rotatable bonds is 7. The minimum atomic E-state index is 0.227. The molecule has 0 aliphatic carbocycles. The number of hydrogen-bond acceptors (Lipinski definition) is 3. The first kappa shape index (κ1) is 14.0. The van der Waals surface area contributed by atoms with E-state index in [0.29, 0.717) is 6.54 Å². The summed E-state index contributed by atoms with van der Waals surface area (Å²) in [6, 6.07) is 8.31. The molecule has 0 heterocycles. The molecule has 0 radical (unpaired) electrons. The summed E-state index contributed by atoms with van der Waals surface area (Å²) in [5.41, 5.74) is 6.88. The van der Waals surface area contributed by atoms with Crippen molar-refractivity contribution < 1.29 is 4.74 Å². The van der Waals surface area contributed by atoms with Gasteiger partial charge in [-0.15, -0.1) is 0 Å². The SMILES string of the molecule is CCN(CCN)Cc1ccc(OC(C)C)cc1. The third-order valence-electron chi connectivity index (χ3n) is 2.59. The van der Waals surface area contributed by atoms with Gasteiger partial charge in [-0.25, -0.2) is 0 Å². The molecule has 0 fully saturated rings. The van der Waals surface area contributed by atoms with Crippen molar-refractivity contribution in [2.45, 2.75) is 33.4 Å². The van der Waals surface area contributed by atoms with Crippen LogP contribution in [0.2, 0.25) is 0 Å². The predicted molar refractivity (Wildman–Crippen MR) is 72.2 cm³/mol. The monoisotopic (exact) mass is 236 g/mol. The molecule has 0 saturated carbocycles. The maximum atomic E-state index is 5.61. The maximum absolute atomic E-state index is 5.61. The zero-order valence-electron chi connectivity index (χ0n) is 11.1. The third-order valence-corrected chi connectivity index (χ3v) is 2.59. The van der Waals surface area contributed by atoms with Crippen LogP contribution in [0.25, 0.3) is 0 Å². The Morgan fingerprint density at radius 1 is 1.24 bits per heavy atom. The van der Waals surface area contributed by atoms with E-state index in [9.17, 15) is 0 Å². The Morgan fingerprint density at radius 2 is 1.88 bits per heavy atom. The number of ether oxygens (including phenoxy) is 1. The highest BCUT2D eigenvalue weighted by Gasteiger charge is 2.03. The number of benzene rings is 1. The van der Waals surface area contributed by atoms with Crippen molar-refractivity contribution in [1.82, 2.24) is 4.90 Å². The summed E-state index contributed by atoms with van der Waals surface area (Å²) in [7, 11) is 0. The van der Waals surface area contributed by atoms with E-state index < -0.39 is 0 Å². The highest BCUT2D eigenvalue weighted by atomic mass is 16.5. The first-order valence-corrected chi connectivity index (χ1v) is 6.33. The van der Waals surface area contributed by atoms with Gasteiger partial charge in [-0.05, 0) is 38.1 Å². The van der Waals surface area contributed by atoms with E-state index in [0.717, 1.165) is 25.4 Å². The van der Waals surface area contributed by atoms with E-state index in [2.05, 4.69) is 24.0 Å². The molecular formula is C14H24N2O. The Labute approximate surface area is 105 Å². The van der Waals surface area contributed by atoms with Gasteiger partial charge in [0.05, 0.1) is 6.10 Å². The maximum Gasteiger partial charge on any atom is 0.119 e. The molecule has 3 heteroatoms. The van der Waals surface area contributed by atoms with E-state index in [-0.39, 0.29) is 6.10 Å². The topological polar surface area (TPSA) is 38.5 Å². The van der Waals surface area contributed by atoms with Gasteiger partial charge in [-0.2, -0.15) is 0 Å². The fourth-order valence-electron chi connectivity index (χ4n) is 1.74. The van der Waals surface area contributed by atoms with Crippen molar-refractivity contribution in [3.8, 4) is 5.75 Å². The van der Waals surface area contributed by atoms with Crippen LogP contribution >= 0.6 is 0 Å². The second-order valence-corrected chi connectivity index (χ2v) is 4.47. The van der Waals surface area contributed by atoms with Gasteiger partial charge < -0.3 is 10.5 Å². The van der Waals surface area contributed by atoms with Gasteiger partial charge in [0.1, 0.15) is 5.75 Å². The van der Waals surface area contributed by atoms with Crippen LogP contribution in [0, 0.1) is 0 Å². The van der Waals surface area contributed by atoms with E-state index >= 15 is 0 Å². The lowest BCUT2D eigenvalue weighted by Crippen LogP contribution is -2.28. The zero-order chi connectivity index (χ0) is 12.7. The van der Waals surface area contributed by atoms with Gasteiger partial charge in [0.2, 0.25) is 0 Å². The molecule has 1 aromatic rings. The average Bonchev–Trinajstić information content (AvgIpc) is 2.30. The molecule has 0 aliphatic heterocycles. The quantitative estimate of drug-likeness (QED) is 0.789. The molecule has 2 N–H and O–H groups in total. The summed E-state index contributed by atoms with van der Waals surface area (Å²) in [5.74, 6) is 0.936. The van der Waals surface area contributed by atoms with Gasteiger partial charge in [0.25, 0.3) is 0 Å². The summed E-state index contributed by atoms with van der Waals surface area (Å²) >= 11 is 0. The Morgan fingerprint density at radius 3 is 2.35 bits per heavy atom. The predicted octanol–water partition coefficient (Wildman–Crippen LogP) is 2.25. The highest BCUT2D eigenvalue weighted by Crippen LogP contribution is 2.14. The fourth-order valence-corrected chi connectivity index (χ4v) is 1.74. The second-order valence-electron chi connectivity index (χ2n) is 4.47. The smallest absolute Gasteiger partial charge is 0.119 e. The molecule has 0 spiro atoms. The molecule has 0 bridgehead atoms. The molecule has 17 heavy (non-hydrogen) atoms. The van der Waals surface area contributed by atoms with Crippen molar-refractivity contribution in [1.29, 1.82) is 0 Å². The average molecular weight is 236 g/mol. The van der Waals surface area contributed by atoms with E-state index in [4.69, 9.17) is 10.5 Å². The lowest BCUT2D eigenvalue weighted by atomic mass is 10.2. The standard InChI is InChI=1S/C14H24N2O/c1-4-16(10-9-15)11-13-5-7-14(8-6-13)17-12(2)3/h5-8,12H,4,9-11,15H2,1-3H3. The highest BCUT2D eigenvalue weighted by molar-refractivity contribution is 5.27. The largest absolute Gasteiger partial charge is 0.491 e. The molecule has 96 valence electrons. The zero-order valence-corrected chi connectivity index (χ0v) is 11.1. The fraction of sp³-hybridized carbons (Fsp3) is 0.571. The first-order valence-electron chi connectivity index (χ1n) is 6.33. The van der Waals surface area contributed by atoms with Crippen molar-refractivity contribution in [2.24, 2.45) is 5.73 Å². The van der Waals surface area contributed by atoms with E-state index in [1.165, 1.54) is 5.56 Å². The lowest BCUT2D eigenvalue weighted by Gasteiger charge is -2.19. The Balaban J connectivity index is 2.54. The molecule has 0 aromatic heterocycles. The van der Waals surface area contributed by atoms with Crippen LogP contribution in [-0.4, -0.2) is 30.6 Å². The van der Waals surface area contributed by atoms with Crippen LogP contribution in [0.3, 0.4) is 0 Å². The molecule has 0 amide bonds. The molecule has 3 nitrogen and oxygen atoms in total. The van der Waals surface area contributed by atoms with Crippen LogP contribution in [0.15, 0.2) is 24.3 Å². The Hall–Kier alpha value is -1.06. The van der Waals surface area contributed by atoms with Crippen LogP contribution in [0.1, 0.15) is 26.3 Å². The second kappa shape index (κ2) is 7.30. The van der Waals surface area contributed by atoms with Gasteiger partial charge in [-0.1, -0.05) is 19.1 Å². The third kappa shape index (κ3) is 5.20. The number of nitrogens with two attached hydrogens (primary N) is 1. The van der Waals surface area contributed by atoms with Gasteiger partial charge in [0.15, 0.2) is 0 Å². The summed E-state index contributed by atoms with van der Waals surface area (Å²) in [4.78, 5) is 2.33. The number of hydrogen-bond donors (Lipinski definition) is 1. The lowest BCUT2D eigenvalue weighted by molar-refractivity contribution is 0.242. The Bertz CT molecular complexity index is 309. The van der Waals surface area contributed by atoms with Crippen LogP contribution in [-0.2, 0) is 6.54 Å². The summed E-state index contributed by atoms with van der Waals surface area (Å²) in [6.45, 7) is 9.87. The molecule has 1 aromatic carbocycles. The summed E-state index contributed by atoms with van der Waals surface area (Å²) in [6.07, 6.45) is 0.227. The summed E-state index contributed by atoms with van der Waals surface area (Å²) < 4.78 is 5.61. The molecule has 0 aliphatic rings. The number of nitrogens with zero attached hydrogens (tertiary/aromatic N) is 1. The molecule has 0 saturated heterocycles. The van der Waals surface area contributed by atoms with Gasteiger partial charge in [0, 0.05) is 19.6 Å². The van der Waals surface area contributed by atoms with Crippen LogP contribution < -0.4 is 10.5 Å². The summed E-state index contributed by atoms with van der Waals surface area (Å²) in [5, 5.41) is 0. The van der Waals surface area contributed by atoms with Crippen molar-refractivity contribution in [3.63, 3.8) is 0 Å². The molecule has 1 rings (SSSR count). The molecule has 0 atom stereocenters. The van der Waals surface area contributed by atoms with Crippen LogP contribution in [0.5, 0.6) is 5.75 Å². The molecule has 0 unspecified atom stereocenters. The van der Waals surface area contributed by atoms with Crippen molar-refractivity contribution in [3.05, 3.63) is 29.8 Å². The Kier molecular flexibility index (Phi) is 6.01. The minimum Gasteiger partial charge on any atom is -0.491 e.